The molecule has 0 aliphatic carbocycles. The highest BCUT2D eigenvalue weighted by Crippen LogP contribution is 2.20. The first-order valence-electron chi connectivity index (χ1n) is 8.44. The standard InChI is InChI=1S/C19H20N4O2/c1-12-9-13(2)22-19(21-12)25-16-6-8-23(11-16)18(24)15-3-4-17-14(10-15)5-7-20-17/h3-5,7,9-10,16,20H,6,8,11H2,1-2H3/t16-/m0/s1. The quantitative estimate of drug-likeness (QED) is 0.798. The van der Waals surface area contributed by atoms with Crippen molar-refractivity contribution in [3.8, 4) is 6.01 Å². The van der Waals surface area contributed by atoms with E-state index in [1.807, 2.05) is 55.3 Å². The average molecular weight is 336 g/mol. The summed E-state index contributed by atoms with van der Waals surface area (Å²) in [6, 6.07) is 10.0. The minimum absolute atomic E-state index is 0.0375. The first-order chi connectivity index (χ1) is 12.1. The van der Waals surface area contributed by atoms with Gasteiger partial charge in [0.25, 0.3) is 5.91 Å². The normalized spacial score (nSPS) is 17.2. The highest BCUT2D eigenvalue weighted by molar-refractivity contribution is 5.98. The maximum absolute atomic E-state index is 12.7. The lowest BCUT2D eigenvalue weighted by Gasteiger charge is -2.17. The van der Waals surface area contributed by atoms with Gasteiger partial charge in [0.05, 0.1) is 6.54 Å². The van der Waals surface area contributed by atoms with Crippen LogP contribution >= 0.6 is 0 Å². The molecule has 3 heterocycles. The molecule has 1 amide bonds. The van der Waals surface area contributed by atoms with Crippen molar-refractivity contribution in [1.29, 1.82) is 0 Å². The van der Waals surface area contributed by atoms with Gasteiger partial charge in [0, 0.05) is 47.0 Å². The maximum atomic E-state index is 12.7. The molecule has 6 heteroatoms. The Morgan fingerprint density at radius 3 is 2.80 bits per heavy atom. The molecule has 4 rings (SSSR count). The van der Waals surface area contributed by atoms with Crippen LogP contribution in [-0.4, -0.2) is 45.0 Å². The number of hydrogen-bond donors (Lipinski definition) is 1. The Hall–Kier alpha value is -2.89. The second kappa shape index (κ2) is 6.20. The predicted octanol–water partition coefficient (Wildman–Crippen LogP) is 2.87. The minimum Gasteiger partial charge on any atom is -0.458 e. The van der Waals surface area contributed by atoms with E-state index in [1.165, 1.54) is 0 Å². The van der Waals surface area contributed by atoms with Gasteiger partial charge in [-0.2, -0.15) is 0 Å². The molecule has 0 bridgehead atoms. The number of benzene rings is 1. The molecular formula is C19H20N4O2. The Labute approximate surface area is 145 Å². The summed E-state index contributed by atoms with van der Waals surface area (Å²) in [6.07, 6.45) is 2.60. The number of carbonyl (C=O) groups excluding carboxylic acids is 1. The number of nitrogens with one attached hydrogen (secondary N) is 1. The third-order valence-electron chi connectivity index (χ3n) is 4.47. The monoisotopic (exact) mass is 336 g/mol. The van der Waals surface area contributed by atoms with Gasteiger partial charge >= 0.3 is 6.01 Å². The van der Waals surface area contributed by atoms with Gasteiger partial charge in [-0.1, -0.05) is 0 Å². The van der Waals surface area contributed by atoms with E-state index in [0.29, 0.717) is 24.7 Å². The molecule has 2 aromatic heterocycles. The van der Waals surface area contributed by atoms with Crippen LogP contribution < -0.4 is 4.74 Å². The fraction of sp³-hybridized carbons (Fsp3) is 0.316. The molecule has 1 saturated heterocycles. The van der Waals surface area contributed by atoms with Crippen molar-refractivity contribution >= 4 is 16.8 Å². The lowest BCUT2D eigenvalue weighted by molar-refractivity contribution is 0.0769. The molecule has 25 heavy (non-hydrogen) atoms. The van der Waals surface area contributed by atoms with Crippen LogP contribution in [0.15, 0.2) is 36.5 Å². The summed E-state index contributed by atoms with van der Waals surface area (Å²) < 4.78 is 5.89. The van der Waals surface area contributed by atoms with Crippen LogP contribution in [-0.2, 0) is 0 Å². The molecule has 128 valence electrons. The largest absolute Gasteiger partial charge is 0.458 e. The van der Waals surface area contributed by atoms with Gasteiger partial charge < -0.3 is 14.6 Å². The number of H-pyrrole nitrogens is 1. The van der Waals surface area contributed by atoms with Crippen molar-refractivity contribution in [3.05, 3.63) is 53.5 Å². The molecule has 1 N–H and O–H groups in total. The van der Waals surface area contributed by atoms with E-state index in [-0.39, 0.29) is 12.0 Å². The summed E-state index contributed by atoms with van der Waals surface area (Å²) in [5.41, 5.74) is 3.50. The lowest BCUT2D eigenvalue weighted by atomic mass is 10.1. The number of ether oxygens (including phenoxy) is 1. The molecule has 1 aliphatic heterocycles. The van der Waals surface area contributed by atoms with E-state index in [9.17, 15) is 4.79 Å². The Balaban J connectivity index is 1.45. The van der Waals surface area contributed by atoms with Crippen LogP contribution in [0.5, 0.6) is 6.01 Å². The summed E-state index contributed by atoms with van der Waals surface area (Å²) in [4.78, 5) is 26.3. The number of amides is 1. The van der Waals surface area contributed by atoms with Crippen molar-refractivity contribution in [2.75, 3.05) is 13.1 Å². The predicted molar refractivity (Wildman–Crippen MR) is 94.7 cm³/mol. The number of carbonyl (C=O) groups is 1. The van der Waals surface area contributed by atoms with Crippen molar-refractivity contribution in [3.63, 3.8) is 0 Å². The Morgan fingerprint density at radius 1 is 1.20 bits per heavy atom. The highest BCUT2D eigenvalue weighted by Gasteiger charge is 2.29. The van der Waals surface area contributed by atoms with E-state index in [2.05, 4.69) is 15.0 Å². The lowest BCUT2D eigenvalue weighted by Crippen LogP contribution is -2.31. The van der Waals surface area contributed by atoms with Crippen LogP contribution in [0.4, 0.5) is 0 Å². The van der Waals surface area contributed by atoms with Crippen molar-refractivity contribution in [1.82, 2.24) is 19.9 Å². The van der Waals surface area contributed by atoms with Crippen LogP contribution in [0.2, 0.25) is 0 Å². The highest BCUT2D eigenvalue weighted by atomic mass is 16.5. The van der Waals surface area contributed by atoms with E-state index in [1.54, 1.807) is 0 Å². The summed E-state index contributed by atoms with van der Waals surface area (Å²) in [5, 5.41) is 1.04. The fourth-order valence-electron chi connectivity index (χ4n) is 3.27. The number of nitrogens with zero attached hydrogens (tertiary/aromatic N) is 3. The van der Waals surface area contributed by atoms with E-state index < -0.39 is 0 Å². The van der Waals surface area contributed by atoms with Crippen molar-refractivity contribution < 1.29 is 9.53 Å². The summed E-state index contributed by atoms with van der Waals surface area (Å²) in [6.45, 7) is 5.08. The van der Waals surface area contributed by atoms with Gasteiger partial charge in [0.2, 0.25) is 0 Å². The second-order valence-corrected chi connectivity index (χ2v) is 6.49. The molecule has 1 aliphatic rings. The van der Waals surface area contributed by atoms with E-state index >= 15 is 0 Å². The molecule has 0 unspecified atom stereocenters. The van der Waals surface area contributed by atoms with Crippen molar-refractivity contribution in [2.24, 2.45) is 0 Å². The van der Waals surface area contributed by atoms with Gasteiger partial charge in [-0.25, -0.2) is 9.97 Å². The van der Waals surface area contributed by atoms with Crippen LogP contribution in [0.25, 0.3) is 10.9 Å². The molecule has 0 radical (unpaired) electrons. The minimum atomic E-state index is -0.0684. The van der Waals surface area contributed by atoms with Gasteiger partial charge in [-0.3, -0.25) is 4.79 Å². The molecule has 1 atom stereocenters. The molecule has 1 aromatic carbocycles. The zero-order chi connectivity index (χ0) is 17.4. The van der Waals surface area contributed by atoms with Gasteiger partial charge in [0.15, 0.2) is 0 Å². The maximum Gasteiger partial charge on any atom is 0.317 e. The second-order valence-electron chi connectivity index (χ2n) is 6.49. The zero-order valence-electron chi connectivity index (χ0n) is 14.3. The number of aromatic amines is 1. The topological polar surface area (TPSA) is 71.1 Å². The van der Waals surface area contributed by atoms with Crippen LogP contribution in [0.3, 0.4) is 0 Å². The number of fused-ring (bicyclic) bond motifs is 1. The third kappa shape index (κ3) is 3.20. The molecule has 1 fully saturated rings. The summed E-state index contributed by atoms with van der Waals surface area (Å²) >= 11 is 0. The summed E-state index contributed by atoms with van der Waals surface area (Å²) in [7, 11) is 0. The van der Waals surface area contributed by atoms with Gasteiger partial charge in [-0.05, 0) is 44.2 Å². The van der Waals surface area contributed by atoms with Gasteiger partial charge in [-0.15, -0.1) is 0 Å². The smallest absolute Gasteiger partial charge is 0.317 e. The van der Waals surface area contributed by atoms with E-state index in [0.717, 1.165) is 28.7 Å². The van der Waals surface area contributed by atoms with Gasteiger partial charge in [0.1, 0.15) is 6.10 Å². The third-order valence-corrected chi connectivity index (χ3v) is 4.47. The first-order valence-corrected chi connectivity index (χ1v) is 8.44. The van der Waals surface area contributed by atoms with Crippen LogP contribution in [0, 0.1) is 13.8 Å². The first kappa shape index (κ1) is 15.6. The molecular weight excluding hydrogens is 316 g/mol. The Kier molecular flexibility index (Phi) is 3.87. The Morgan fingerprint density at radius 2 is 2.00 bits per heavy atom. The Bertz CT molecular complexity index is 914. The molecule has 6 nitrogen and oxygen atoms in total. The number of aryl methyl sites for hydroxylation is 2. The number of rotatable bonds is 3. The van der Waals surface area contributed by atoms with E-state index in [4.69, 9.17) is 4.74 Å². The van der Waals surface area contributed by atoms with Crippen LogP contribution in [0.1, 0.15) is 28.2 Å². The SMILES string of the molecule is Cc1cc(C)nc(O[C@H]2CCN(C(=O)c3ccc4[nH]ccc4c3)C2)n1. The average Bonchev–Trinajstić information content (AvgIpc) is 3.21. The fourth-order valence-corrected chi connectivity index (χ4v) is 3.27. The molecule has 3 aromatic rings. The number of aromatic nitrogens is 3. The number of likely N-dealkylation sites (tertiary alicyclic amines) is 1. The van der Waals surface area contributed by atoms with Crippen molar-refractivity contribution in [2.45, 2.75) is 26.4 Å². The molecule has 0 spiro atoms. The zero-order valence-corrected chi connectivity index (χ0v) is 14.3. The number of hydrogen-bond acceptors (Lipinski definition) is 4. The molecule has 0 saturated carbocycles. The summed E-state index contributed by atoms with van der Waals surface area (Å²) in [5.74, 6) is 0.0375.